The van der Waals surface area contributed by atoms with Crippen LogP contribution in [0, 0.1) is 13.8 Å². The molecule has 0 saturated heterocycles. The Morgan fingerprint density at radius 3 is 2.10 bits per heavy atom. The van der Waals surface area contributed by atoms with Crippen LogP contribution in [-0.2, 0) is 0 Å². The second-order valence-corrected chi connectivity index (χ2v) is 5.16. The van der Waals surface area contributed by atoms with Gasteiger partial charge in [-0.25, -0.2) is 0 Å². The van der Waals surface area contributed by atoms with E-state index in [1.807, 2.05) is 24.3 Å². The molecule has 2 aromatic carbocycles. The summed E-state index contributed by atoms with van der Waals surface area (Å²) in [7, 11) is 0. The van der Waals surface area contributed by atoms with Crippen molar-refractivity contribution in [3.8, 4) is 11.3 Å². The van der Waals surface area contributed by atoms with E-state index < -0.39 is 0 Å². The Labute approximate surface area is 124 Å². The number of aryl methyl sites for hydroxylation is 2. The van der Waals surface area contributed by atoms with E-state index in [1.165, 1.54) is 16.3 Å². The summed E-state index contributed by atoms with van der Waals surface area (Å²) < 4.78 is 0. The summed E-state index contributed by atoms with van der Waals surface area (Å²) >= 11 is 5.94. The van der Waals surface area contributed by atoms with Crippen molar-refractivity contribution in [2.75, 3.05) is 0 Å². The lowest BCUT2D eigenvalue weighted by Gasteiger charge is -2.11. The van der Waals surface area contributed by atoms with Crippen LogP contribution in [-0.4, -0.2) is 4.98 Å². The number of hydrogen-bond donors (Lipinski definition) is 1. The van der Waals surface area contributed by atoms with Gasteiger partial charge in [0.2, 0.25) is 0 Å². The largest absolute Gasteiger partial charge is 0.344 e. The summed E-state index contributed by atoms with van der Waals surface area (Å²) in [5, 5.41) is 3.23. The molecule has 0 radical (unpaired) electrons. The number of aromatic nitrogens is 1. The van der Waals surface area contributed by atoms with Gasteiger partial charge in [-0.1, -0.05) is 48.0 Å². The number of halogens is 1. The molecule has 3 aromatic rings. The van der Waals surface area contributed by atoms with Gasteiger partial charge in [-0.15, -0.1) is 0 Å². The molecule has 0 aliphatic carbocycles. The summed E-state index contributed by atoms with van der Waals surface area (Å²) in [6.07, 6.45) is 0. The molecule has 0 saturated carbocycles. The number of rotatable bonds is 1. The van der Waals surface area contributed by atoms with Crippen LogP contribution in [0.3, 0.4) is 0 Å². The van der Waals surface area contributed by atoms with Crippen LogP contribution in [0.15, 0.2) is 48.5 Å². The van der Waals surface area contributed by atoms with Gasteiger partial charge in [0.25, 0.3) is 0 Å². The molecule has 0 spiro atoms. The van der Waals surface area contributed by atoms with Crippen LogP contribution >= 0.6 is 11.6 Å². The van der Waals surface area contributed by atoms with Gasteiger partial charge in [0.05, 0.1) is 5.69 Å². The normalized spacial score (nSPS) is 10.3. The highest BCUT2D eigenvalue weighted by molar-refractivity contribution is 6.30. The van der Waals surface area contributed by atoms with Gasteiger partial charge < -0.3 is 6.15 Å². The SMILES string of the molecule is Cc1nc(-c2ccc(Cl)cc2)c(C)c2ccccc12.N. The van der Waals surface area contributed by atoms with Crippen molar-refractivity contribution in [3.63, 3.8) is 0 Å². The summed E-state index contributed by atoms with van der Waals surface area (Å²) in [5.41, 5.74) is 4.42. The van der Waals surface area contributed by atoms with E-state index in [0.717, 1.165) is 22.0 Å². The second-order valence-electron chi connectivity index (χ2n) is 4.72. The van der Waals surface area contributed by atoms with Crippen LogP contribution in [0.25, 0.3) is 22.0 Å². The molecule has 2 nitrogen and oxygen atoms in total. The van der Waals surface area contributed by atoms with Gasteiger partial charge in [-0.05, 0) is 36.9 Å². The summed E-state index contributed by atoms with van der Waals surface area (Å²) in [6, 6.07) is 16.2. The van der Waals surface area contributed by atoms with Gasteiger partial charge in [0.1, 0.15) is 0 Å². The molecule has 1 aromatic heterocycles. The smallest absolute Gasteiger partial charge is 0.0740 e. The first-order valence-corrected chi connectivity index (χ1v) is 6.66. The Balaban J connectivity index is 0.00000147. The number of nitrogens with zero attached hydrogens (tertiary/aromatic N) is 1. The van der Waals surface area contributed by atoms with Crippen LogP contribution in [0.4, 0.5) is 0 Å². The molecule has 0 atom stereocenters. The first-order valence-electron chi connectivity index (χ1n) is 6.28. The van der Waals surface area contributed by atoms with Crippen molar-refractivity contribution in [1.29, 1.82) is 0 Å². The number of fused-ring (bicyclic) bond motifs is 1. The van der Waals surface area contributed by atoms with Crippen molar-refractivity contribution in [1.82, 2.24) is 11.1 Å². The molecule has 0 aliphatic rings. The van der Waals surface area contributed by atoms with E-state index >= 15 is 0 Å². The highest BCUT2D eigenvalue weighted by atomic mass is 35.5. The minimum Gasteiger partial charge on any atom is -0.344 e. The molecular weight excluding hydrogens is 268 g/mol. The van der Waals surface area contributed by atoms with Crippen molar-refractivity contribution in [3.05, 3.63) is 64.8 Å². The topological polar surface area (TPSA) is 47.9 Å². The van der Waals surface area contributed by atoms with Gasteiger partial charge in [0, 0.05) is 21.7 Å². The second kappa shape index (κ2) is 5.61. The van der Waals surface area contributed by atoms with Crippen molar-refractivity contribution in [2.45, 2.75) is 13.8 Å². The fraction of sp³-hybridized carbons (Fsp3) is 0.118. The first kappa shape index (κ1) is 14.5. The van der Waals surface area contributed by atoms with Gasteiger partial charge in [0.15, 0.2) is 0 Å². The van der Waals surface area contributed by atoms with Crippen molar-refractivity contribution in [2.24, 2.45) is 0 Å². The van der Waals surface area contributed by atoms with E-state index in [2.05, 4.69) is 38.1 Å². The molecule has 3 rings (SSSR count). The van der Waals surface area contributed by atoms with Crippen LogP contribution in [0.1, 0.15) is 11.3 Å². The molecule has 0 fully saturated rings. The number of benzene rings is 2. The highest BCUT2D eigenvalue weighted by Crippen LogP contribution is 2.29. The summed E-state index contributed by atoms with van der Waals surface area (Å²) in [6.45, 7) is 4.18. The van der Waals surface area contributed by atoms with Gasteiger partial charge >= 0.3 is 0 Å². The molecule has 20 heavy (non-hydrogen) atoms. The molecular formula is C17H17ClN2. The van der Waals surface area contributed by atoms with E-state index in [-0.39, 0.29) is 6.15 Å². The minimum atomic E-state index is 0. The zero-order chi connectivity index (χ0) is 13.4. The Bertz CT molecular complexity index is 749. The highest BCUT2D eigenvalue weighted by Gasteiger charge is 2.09. The maximum absolute atomic E-state index is 5.94. The van der Waals surface area contributed by atoms with Crippen molar-refractivity contribution < 1.29 is 0 Å². The third-order valence-corrected chi connectivity index (χ3v) is 3.73. The summed E-state index contributed by atoms with van der Waals surface area (Å²) in [4.78, 5) is 4.76. The molecule has 1 heterocycles. The third-order valence-electron chi connectivity index (χ3n) is 3.47. The maximum Gasteiger partial charge on any atom is 0.0740 e. The van der Waals surface area contributed by atoms with E-state index in [0.29, 0.717) is 0 Å². The molecule has 102 valence electrons. The van der Waals surface area contributed by atoms with Crippen LogP contribution < -0.4 is 6.15 Å². The zero-order valence-electron chi connectivity index (χ0n) is 11.7. The molecule has 0 aliphatic heterocycles. The molecule has 0 unspecified atom stereocenters. The van der Waals surface area contributed by atoms with E-state index in [9.17, 15) is 0 Å². The average Bonchev–Trinajstić information content (AvgIpc) is 2.44. The summed E-state index contributed by atoms with van der Waals surface area (Å²) in [5.74, 6) is 0. The number of hydrogen-bond acceptors (Lipinski definition) is 2. The van der Waals surface area contributed by atoms with Crippen molar-refractivity contribution >= 4 is 22.4 Å². The lowest BCUT2D eigenvalue weighted by Crippen LogP contribution is -1.94. The Morgan fingerprint density at radius 1 is 0.850 bits per heavy atom. The average molecular weight is 285 g/mol. The Kier molecular flexibility index (Phi) is 4.07. The zero-order valence-corrected chi connectivity index (χ0v) is 12.4. The quantitative estimate of drug-likeness (QED) is 0.656. The fourth-order valence-electron chi connectivity index (χ4n) is 2.45. The minimum absolute atomic E-state index is 0. The first-order chi connectivity index (χ1) is 9.16. The van der Waals surface area contributed by atoms with E-state index in [4.69, 9.17) is 16.6 Å². The lowest BCUT2D eigenvalue weighted by molar-refractivity contribution is 1.21. The monoisotopic (exact) mass is 284 g/mol. The van der Waals surface area contributed by atoms with Crippen LogP contribution in [0.2, 0.25) is 5.02 Å². The molecule has 0 amide bonds. The molecule has 3 heteroatoms. The molecule has 0 bridgehead atoms. The Morgan fingerprint density at radius 2 is 1.45 bits per heavy atom. The lowest BCUT2D eigenvalue weighted by atomic mass is 9.99. The maximum atomic E-state index is 5.94. The number of pyridine rings is 1. The van der Waals surface area contributed by atoms with Gasteiger partial charge in [-0.2, -0.15) is 0 Å². The Hall–Kier alpha value is -1.90. The van der Waals surface area contributed by atoms with E-state index in [1.54, 1.807) is 0 Å². The molecule has 3 N–H and O–H groups in total. The predicted octanol–water partition coefficient (Wildman–Crippen LogP) is 5.33. The predicted molar refractivity (Wildman–Crippen MR) is 86.7 cm³/mol. The van der Waals surface area contributed by atoms with Crippen LogP contribution in [0.5, 0.6) is 0 Å². The fourth-order valence-corrected chi connectivity index (χ4v) is 2.58. The van der Waals surface area contributed by atoms with Gasteiger partial charge in [-0.3, -0.25) is 4.98 Å². The standard InChI is InChI=1S/C17H14ClN.H3N/c1-11-15-5-3-4-6-16(15)12(2)19-17(11)13-7-9-14(18)10-8-13;/h3-10H,1-2H3;1H3. The third kappa shape index (κ3) is 2.40.